The molecule has 0 aliphatic rings. The van der Waals surface area contributed by atoms with Gasteiger partial charge in [0.25, 0.3) is 0 Å². The molecule has 3 heteroatoms. The molecule has 0 aliphatic carbocycles. The highest BCUT2D eigenvalue weighted by molar-refractivity contribution is 5.73. The van der Waals surface area contributed by atoms with Crippen molar-refractivity contribution in [3.05, 3.63) is 0 Å². The van der Waals surface area contributed by atoms with Crippen LogP contribution < -0.4 is 5.32 Å². The summed E-state index contributed by atoms with van der Waals surface area (Å²) in [6.07, 6.45) is 0.625. The van der Waals surface area contributed by atoms with Crippen molar-refractivity contribution in [2.45, 2.75) is 26.3 Å². The fraction of sp³-hybridized carbons (Fsp3) is 0.833. The highest BCUT2D eigenvalue weighted by Crippen LogP contribution is 1.86. The van der Waals surface area contributed by atoms with Crippen molar-refractivity contribution in [2.24, 2.45) is 0 Å². The zero-order valence-corrected chi connectivity index (χ0v) is 5.85. The third-order valence-electron chi connectivity index (χ3n) is 1.01. The number of carbonyl (C=O) groups is 1. The Morgan fingerprint density at radius 1 is 1.78 bits per heavy atom. The summed E-state index contributed by atoms with van der Waals surface area (Å²) in [6, 6.07) is 0.0903. The van der Waals surface area contributed by atoms with Gasteiger partial charge in [-0.1, -0.05) is 0 Å². The summed E-state index contributed by atoms with van der Waals surface area (Å²) in [5.74, 6) is -0.0454. The predicted molar refractivity (Wildman–Crippen MR) is 35.0 cm³/mol. The summed E-state index contributed by atoms with van der Waals surface area (Å²) < 4.78 is 0. The van der Waals surface area contributed by atoms with Crippen LogP contribution in [0.1, 0.15) is 20.3 Å². The average molecular weight is 131 g/mol. The second-order valence-corrected chi connectivity index (χ2v) is 2.11. The van der Waals surface area contributed by atoms with Gasteiger partial charge in [0.05, 0.1) is 0 Å². The van der Waals surface area contributed by atoms with Crippen LogP contribution in [0.3, 0.4) is 0 Å². The van der Waals surface area contributed by atoms with Crippen LogP contribution in [0, 0.1) is 0 Å². The minimum Gasteiger partial charge on any atom is -0.396 e. The van der Waals surface area contributed by atoms with Gasteiger partial charge in [-0.3, -0.25) is 4.79 Å². The fourth-order valence-corrected chi connectivity index (χ4v) is 0.613. The van der Waals surface area contributed by atoms with Crippen LogP contribution in [0.2, 0.25) is 0 Å². The Morgan fingerprint density at radius 3 is 2.67 bits per heavy atom. The molecule has 0 aromatic carbocycles. The second kappa shape index (κ2) is 4.32. The van der Waals surface area contributed by atoms with E-state index in [0.717, 1.165) is 0 Å². The molecule has 0 radical (unpaired) electrons. The number of rotatable bonds is 3. The van der Waals surface area contributed by atoms with E-state index in [2.05, 4.69) is 5.32 Å². The maximum Gasteiger partial charge on any atom is 0.217 e. The Bertz CT molecular complexity index is 93.1. The molecule has 1 atom stereocenters. The fourth-order valence-electron chi connectivity index (χ4n) is 0.613. The van der Waals surface area contributed by atoms with Gasteiger partial charge in [-0.25, -0.2) is 0 Å². The second-order valence-electron chi connectivity index (χ2n) is 2.11. The van der Waals surface area contributed by atoms with Gasteiger partial charge in [0.15, 0.2) is 0 Å². The zero-order valence-electron chi connectivity index (χ0n) is 5.85. The molecule has 0 heterocycles. The smallest absolute Gasteiger partial charge is 0.217 e. The molecule has 54 valence electrons. The van der Waals surface area contributed by atoms with Crippen molar-refractivity contribution in [2.75, 3.05) is 6.61 Å². The van der Waals surface area contributed by atoms with Gasteiger partial charge in [0, 0.05) is 19.6 Å². The maximum atomic E-state index is 10.3. The minimum atomic E-state index is -0.0454. The lowest BCUT2D eigenvalue weighted by Crippen LogP contribution is -2.30. The normalized spacial score (nSPS) is 12.8. The average Bonchev–Trinajstić information content (AvgIpc) is 1.63. The van der Waals surface area contributed by atoms with Crippen molar-refractivity contribution in [1.29, 1.82) is 0 Å². The molecular formula is C6H13NO2. The summed E-state index contributed by atoms with van der Waals surface area (Å²) in [5, 5.41) is 11.0. The van der Waals surface area contributed by atoms with Crippen LogP contribution in [0.15, 0.2) is 0 Å². The van der Waals surface area contributed by atoms with E-state index in [9.17, 15) is 4.79 Å². The zero-order chi connectivity index (χ0) is 7.28. The largest absolute Gasteiger partial charge is 0.396 e. The maximum absolute atomic E-state index is 10.3. The Kier molecular flexibility index (Phi) is 4.05. The summed E-state index contributed by atoms with van der Waals surface area (Å²) >= 11 is 0. The van der Waals surface area contributed by atoms with Crippen molar-refractivity contribution in [3.8, 4) is 0 Å². The van der Waals surface area contributed by atoms with Gasteiger partial charge >= 0.3 is 0 Å². The molecule has 0 spiro atoms. The molecule has 9 heavy (non-hydrogen) atoms. The molecule has 0 saturated carbocycles. The van der Waals surface area contributed by atoms with Crippen molar-refractivity contribution in [1.82, 2.24) is 5.32 Å². The Morgan fingerprint density at radius 2 is 2.33 bits per heavy atom. The lowest BCUT2D eigenvalue weighted by atomic mass is 10.2. The molecule has 0 aromatic rings. The van der Waals surface area contributed by atoms with E-state index in [4.69, 9.17) is 5.11 Å². The lowest BCUT2D eigenvalue weighted by molar-refractivity contribution is -0.119. The number of hydrogen-bond acceptors (Lipinski definition) is 2. The van der Waals surface area contributed by atoms with E-state index in [1.807, 2.05) is 6.92 Å². The number of carbonyl (C=O) groups excluding carboxylic acids is 1. The van der Waals surface area contributed by atoms with Crippen molar-refractivity contribution >= 4 is 5.91 Å². The molecule has 1 amide bonds. The van der Waals surface area contributed by atoms with Crippen LogP contribution in [0.25, 0.3) is 0 Å². The molecule has 0 aliphatic heterocycles. The predicted octanol–water partition coefficient (Wildman–Crippen LogP) is -0.107. The molecule has 0 bridgehead atoms. The van der Waals surface area contributed by atoms with Crippen molar-refractivity contribution < 1.29 is 9.90 Å². The van der Waals surface area contributed by atoms with Crippen LogP contribution in [0.4, 0.5) is 0 Å². The number of amides is 1. The van der Waals surface area contributed by atoms with Crippen LogP contribution in [-0.4, -0.2) is 23.7 Å². The number of nitrogens with one attached hydrogen (secondary N) is 1. The molecule has 2 N–H and O–H groups in total. The first-order chi connectivity index (χ1) is 4.16. The highest BCUT2D eigenvalue weighted by atomic mass is 16.3. The molecule has 0 fully saturated rings. The first kappa shape index (κ1) is 8.43. The molecule has 0 aromatic heterocycles. The third-order valence-corrected chi connectivity index (χ3v) is 1.01. The topological polar surface area (TPSA) is 49.3 Å². The third kappa shape index (κ3) is 5.30. The molecule has 0 saturated heterocycles. The van der Waals surface area contributed by atoms with E-state index in [-0.39, 0.29) is 18.6 Å². The number of hydrogen-bond donors (Lipinski definition) is 2. The van der Waals surface area contributed by atoms with Gasteiger partial charge in [-0.05, 0) is 13.3 Å². The van der Waals surface area contributed by atoms with Gasteiger partial charge < -0.3 is 10.4 Å². The van der Waals surface area contributed by atoms with E-state index in [1.54, 1.807) is 0 Å². The van der Waals surface area contributed by atoms with Crippen LogP contribution >= 0.6 is 0 Å². The molecule has 0 unspecified atom stereocenters. The first-order valence-electron chi connectivity index (χ1n) is 3.04. The van der Waals surface area contributed by atoms with Gasteiger partial charge in [0.1, 0.15) is 0 Å². The molecule has 3 nitrogen and oxygen atoms in total. The highest BCUT2D eigenvalue weighted by Gasteiger charge is 1.99. The summed E-state index contributed by atoms with van der Waals surface area (Å²) in [4.78, 5) is 10.3. The van der Waals surface area contributed by atoms with E-state index in [0.29, 0.717) is 6.42 Å². The molecular weight excluding hydrogens is 118 g/mol. The van der Waals surface area contributed by atoms with Crippen molar-refractivity contribution in [3.63, 3.8) is 0 Å². The summed E-state index contributed by atoms with van der Waals surface area (Å²) in [5.41, 5.74) is 0. The standard InChI is InChI=1S/C6H13NO2/c1-5(3-4-8)7-6(2)9/h5,8H,3-4H2,1-2H3,(H,7,9)/t5-/m0/s1. The quantitative estimate of drug-likeness (QED) is 0.561. The SMILES string of the molecule is CC(=O)N[C@@H](C)CCO. The summed E-state index contributed by atoms with van der Waals surface area (Å²) in [6.45, 7) is 3.45. The van der Waals surface area contributed by atoms with Gasteiger partial charge in [-0.2, -0.15) is 0 Å². The number of aliphatic hydroxyl groups excluding tert-OH is 1. The Balaban J connectivity index is 3.26. The Hall–Kier alpha value is -0.570. The van der Waals surface area contributed by atoms with Gasteiger partial charge in [-0.15, -0.1) is 0 Å². The monoisotopic (exact) mass is 131 g/mol. The van der Waals surface area contributed by atoms with E-state index >= 15 is 0 Å². The van der Waals surface area contributed by atoms with Crippen LogP contribution in [0.5, 0.6) is 0 Å². The van der Waals surface area contributed by atoms with E-state index in [1.165, 1.54) is 6.92 Å². The lowest BCUT2D eigenvalue weighted by Gasteiger charge is -2.08. The summed E-state index contributed by atoms with van der Waals surface area (Å²) in [7, 11) is 0. The van der Waals surface area contributed by atoms with Crippen LogP contribution in [-0.2, 0) is 4.79 Å². The number of aliphatic hydroxyl groups is 1. The first-order valence-corrected chi connectivity index (χ1v) is 3.04. The van der Waals surface area contributed by atoms with Gasteiger partial charge in [0.2, 0.25) is 5.91 Å². The Labute approximate surface area is 55.1 Å². The minimum absolute atomic E-state index is 0.0454. The molecule has 0 rings (SSSR count). The van der Waals surface area contributed by atoms with E-state index < -0.39 is 0 Å².